The van der Waals surface area contributed by atoms with Crippen molar-refractivity contribution in [1.29, 1.82) is 0 Å². The minimum absolute atomic E-state index is 0.107. The number of rotatable bonds is 6. The van der Waals surface area contributed by atoms with E-state index in [0.29, 0.717) is 28.1 Å². The summed E-state index contributed by atoms with van der Waals surface area (Å²) >= 11 is 2.76. The van der Waals surface area contributed by atoms with Crippen molar-refractivity contribution in [3.05, 3.63) is 40.3 Å². The van der Waals surface area contributed by atoms with Gasteiger partial charge in [-0.2, -0.15) is 0 Å². The molecular formula is C18H20N2O4S2. The second-order valence-corrected chi connectivity index (χ2v) is 8.04. The highest BCUT2D eigenvalue weighted by atomic mass is 32.2. The molecule has 1 aliphatic rings. The van der Waals surface area contributed by atoms with Crippen LogP contribution in [0, 0.1) is 0 Å². The van der Waals surface area contributed by atoms with E-state index in [-0.39, 0.29) is 11.5 Å². The van der Waals surface area contributed by atoms with Crippen molar-refractivity contribution in [2.75, 3.05) is 19.5 Å². The Kier molecular flexibility index (Phi) is 5.93. The monoisotopic (exact) mass is 392 g/mol. The van der Waals surface area contributed by atoms with Crippen LogP contribution < -0.4 is 10.3 Å². The van der Waals surface area contributed by atoms with Crippen LogP contribution in [0.15, 0.2) is 39.1 Å². The highest BCUT2D eigenvalue weighted by Crippen LogP contribution is 2.32. The molecule has 0 N–H and O–H groups in total. The molecule has 0 saturated heterocycles. The van der Waals surface area contributed by atoms with Crippen molar-refractivity contribution in [2.45, 2.75) is 35.6 Å². The Morgan fingerprint density at radius 3 is 3.00 bits per heavy atom. The first-order valence-electron chi connectivity index (χ1n) is 8.31. The molecular weight excluding hydrogens is 372 g/mol. The molecule has 138 valence electrons. The molecule has 2 heterocycles. The smallest absolute Gasteiger partial charge is 0.319 e. The van der Waals surface area contributed by atoms with Crippen molar-refractivity contribution in [3.63, 3.8) is 0 Å². The Morgan fingerprint density at radius 2 is 2.27 bits per heavy atom. The number of aromatic nitrogens is 2. The minimum atomic E-state index is -0.467. The van der Waals surface area contributed by atoms with Gasteiger partial charge < -0.3 is 9.47 Å². The Hall–Kier alpha value is -1.93. The lowest BCUT2D eigenvalue weighted by Gasteiger charge is -2.16. The Balaban J connectivity index is 2.09. The van der Waals surface area contributed by atoms with Gasteiger partial charge in [-0.3, -0.25) is 14.2 Å². The van der Waals surface area contributed by atoms with E-state index in [1.165, 1.54) is 23.5 Å². The predicted molar refractivity (Wildman–Crippen MR) is 103 cm³/mol. The largest absolute Gasteiger partial charge is 0.497 e. The molecule has 0 spiro atoms. The number of hydrogen-bond acceptors (Lipinski definition) is 7. The summed E-state index contributed by atoms with van der Waals surface area (Å²) in [5.74, 6) is 1.17. The van der Waals surface area contributed by atoms with Crippen LogP contribution in [0.2, 0.25) is 0 Å². The highest BCUT2D eigenvalue weighted by Gasteiger charge is 2.25. The fourth-order valence-electron chi connectivity index (χ4n) is 2.61. The van der Waals surface area contributed by atoms with Gasteiger partial charge in [-0.15, -0.1) is 11.8 Å². The molecule has 1 atom stereocenters. The molecule has 0 fully saturated rings. The molecule has 1 aliphatic heterocycles. The lowest BCUT2D eigenvalue weighted by molar-refractivity contribution is -0.142. The summed E-state index contributed by atoms with van der Waals surface area (Å²) < 4.78 is 11.9. The summed E-state index contributed by atoms with van der Waals surface area (Å²) in [5, 5.41) is 0.0240. The van der Waals surface area contributed by atoms with Gasteiger partial charge in [-0.1, -0.05) is 17.8 Å². The van der Waals surface area contributed by atoms with Crippen LogP contribution in [0.3, 0.4) is 0 Å². The molecule has 0 saturated carbocycles. The number of esters is 1. The Bertz CT molecular complexity index is 882. The molecule has 0 unspecified atom stereocenters. The fraction of sp³-hybridized carbons (Fsp3) is 0.389. The van der Waals surface area contributed by atoms with E-state index in [2.05, 4.69) is 4.98 Å². The summed E-state index contributed by atoms with van der Waals surface area (Å²) in [4.78, 5) is 30.5. The van der Waals surface area contributed by atoms with Gasteiger partial charge in [0.05, 0.1) is 30.0 Å². The number of hydrogen-bond donors (Lipinski definition) is 0. The van der Waals surface area contributed by atoms with Crippen molar-refractivity contribution in [1.82, 2.24) is 9.55 Å². The fourth-order valence-corrected chi connectivity index (χ4v) is 4.58. The Labute approximate surface area is 160 Å². The van der Waals surface area contributed by atoms with Gasteiger partial charge in [-0.05, 0) is 26.0 Å². The van der Waals surface area contributed by atoms with Crippen LogP contribution >= 0.6 is 23.5 Å². The molecule has 8 heteroatoms. The van der Waals surface area contributed by atoms with Crippen molar-refractivity contribution in [2.24, 2.45) is 0 Å². The normalized spacial score (nSPS) is 14.0. The zero-order valence-corrected chi connectivity index (χ0v) is 16.5. The average Bonchev–Trinajstić information content (AvgIpc) is 3.11. The molecule has 26 heavy (non-hydrogen) atoms. The number of fused-ring (bicyclic) bond motifs is 1. The summed E-state index contributed by atoms with van der Waals surface area (Å²) in [7, 11) is 1.58. The molecule has 3 rings (SSSR count). The van der Waals surface area contributed by atoms with Gasteiger partial charge in [-0.25, -0.2) is 4.98 Å². The highest BCUT2D eigenvalue weighted by molar-refractivity contribution is 8.00. The lowest BCUT2D eigenvalue weighted by atomic mass is 10.3. The van der Waals surface area contributed by atoms with E-state index in [1.54, 1.807) is 31.6 Å². The molecule has 1 aromatic heterocycles. The van der Waals surface area contributed by atoms with Gasteiger partial charge in [0.15, 0.2) is 5.16 Å². The van der Waals surface area contributed by atoms with Crippen LogP contribution in [-0.4, -0.2) is 40.2 Å². The molecule has 1 aromatic carbocycles. The minimum Gasteiger partial charge on any atom is -0.497 e. The first-order chi connectivity index (χ1) is 12.5. The maximum absolute atomic E-state index is 13.1. The molecule has 2 aromatic rings. The molecule has 0 radical (unpaired) electrons. The second kappa shape index (κ2) is 8.18. The first kappa shape index (κ1) is 18.8. The summed E-state index contributed by atoms with van der Waals surface area (Å²) in [6.45, 7) is 3.85. The third-order valence-electron chi connectivity index (χ3n) is 3.88. The number of thioether (sulfide) groups is 2. The van der Waals surface area contributed by atoms with Crippen LogP contribution in [0.25, 0.3) is 5.69 Å². The number of carbonyl (C=O) groups is 1. The second-order valence-electron chi connectivity index (χ2n) is 5.62. The van der Waals surface area contributed by atoms with E-state index >= 15 is 0 Å². The average molecular weight is 393 g/mol. The summed E-state index contributed by atoms with van der Waals surface area (Å²) in [6, 6.07) is 7.26. The number of methoxy groups -OCH3 is 1. The molecule has 0 aliphatic carbocycles. The lowest BCUT2D eigenvalue weighted by Crippen LogP contribution is -2.26. The number of aryl methyl sites for hydroxylation is 1. The van der Waals surface area contributed by atoms with E-state index in [9.17, 15) is 9.59 Å². The number of carbonyl (C=O) groups excluding carboxylic acids is 1. The van der Waals surface area contributed by atoms with E-state index in [4.69, 9.17) is 9.47 Å². The quantitative estimate of drug-likeness (QED) is 0.425. The van der Waals surface area contributed by atoms with Crippen LogP contribution in [0.5, 0.6) is 5.75 Å². The van der Waals surface area contributed by atoms with Crippen LogP contribution in [0.1, 0.15) is 19.5 Å². The van der Waals surface area contributed by atoms with Gasteiger partial charge in [0.25, 0.3) is 5.56 Å². The topological polar surface area (TPSA) is 70.4 Å². The number of ether oxygens (including phenoxy) is 2. The van der Waals surface area contributed by atoms with Gasteiger partial charge in [0.2, 0.25) is 0 Å². The third-order valence-corrected chi connectivity index (χ3v) is 6.02. The number of nitrogens with zero attached hydrogens (tertiary/aromatic N) is 2. The van der Waals surface area contributed by atoms with Gasteiger partial charge in [0.1, 0.15) is 11.0 Å². The third kappa shape index (κ3) is 3.76. The number of benzene rings is 1. The zero-order chi connectivity index (χ0) is 18.7. The standard InChI is InChI=1S/C18H20N2O4S2/c1-4-24-17(22)11(2)26-18-19-14-8-9-25-15(14)16(21)20(18)12-6-5-7-13(10-12)23-3/h5-7,10-11H,4,8-9H2,1-3H3/t11-/m1/s1. The maximum atomic E-state index is 13.1. The van der Waals surface area contributed by atoms with Crippen molar-refractivity contribution >= 4 is 29.5 Å². The zero-order valence-electron chi connectivity index (χ0n) is 14.9. The van der Waals surface area contributed by atoms with E-state index in [1.807, 2.05) is 18.2 Å². The summed E-state index contributed by atoms with van der Waals surface area (Å²) in [5.41, 5.74) is 1.36. The van der Waals surface area contributed by atoms with Crippen molar-refractivity contribution in [3.8, 4) is 11.4 Å². The Morgan fingerprint density at radius 1 is 1.46 bits per heavy atom. The summed E-state index contributed by atoms with van der Waals surface area (Å²) in [6.07, 6.45) is 0.759. The van der Waals surface area contributed by atoms with E-state index in [0.717, 1.165) is 17.9 Å². The van der Waals surface area contributed by atoms with E-state index < -0.39 is 5.25 Å². The first-order valence-corrected chi connectivity index (χ1v) is 10.2. The maximum Gasteiger partial charge on any atom is 0.319 e. The molecule has 6 nitrogen and oxygen atoms in total. The molecule has 0 amide bonds. The van der Waals surface area contributed by atoms with Crippen LogP contribution in [-0.2, 0) is 16.0 Å². The van der Waals surface area contributed by atoms with Crippen molar-refractivity contribution < 1.29 is 14.3 Å². The van der Waals surface area contributed by atoms with Gasteiger partial charge >= 0.3 is 5.97 Å². The van der Waals surface area contributed by atoms with Gasteiger partial charge in [0, 0.05) is 18.2 Å². The SMILES string of the molecule is CCOC(=O)[C@@H](C)Sc1nc2c(c(=O)n1-c1cccc(OC)c1)SCC2. The molecule has 0 bridgehead atoms. The van der Waals surface area contributed by atoms with Crippen LogP contribution in [0.4, 0.5) is 0 Å². The predicted octanol–water partition coefficient (Wildman–Crippen LogP) is 2.93.